The molecular formula is C25H25N3O4. The van der Waals surface area contributed by atoms with Crippen LogP contribution in [0.1, 0.15) is 17.2 Å². The maximum Gasteiger partial charge on any atom is 0.320 e. The number of fused-ring (bicyclic) bond motifs is 1. The van der Waals surface area contributed by atoms with Gasteiger partial charge < -0.3 is 25.0 Å². The summed E-state index contributed by atoms with van der Waals surface area (Å²) in [5.74, 6) is 0.910. The Labute approximate surface area is 187 Å². The van der Waals surface area contributed by atoms with Gasteiger partial charge in [-0.3, -0.25) is 4.79 Å². The molecule has 0 radical (unpaired) electrons. The summed E-state index contributed by atoms with van der Waals surface area (Å²) in [5.41, 5.74) is 3.21. The second-order valence-electron chi connectivity index (χ2n) is 7.41. The number of anilines is 2. The maximum atomic E-state index is 13.5. The molecular weight excluding hydrogens is 406 g/mol. The van der Waals surface area contributed by atoms with E-state index in [0.29, 0.717) is 29.3 Å². The summed E-state index contributed by atoms with van der Waals surface area (Å²) in [6, 6.07) is 20.8. The van der Waals surface area contributed by atoms with Crippen LogP contribution in [0.5, 0.6) is 11.5 Å². The molecule has 0 bridgehead atoms. The Hall–Kier alpha value is -4.00. The van der Waals surface area contributed by atoms with Crippen LogP contribution in [0.3, 0.4) is 0 Å². The van der Waals surface area contributed by atoms with Crippen molar-refractivity contribution in [1.82, 2.24) is 5.32 Å². The van der Waals surface area contributed by atoms with Gasteiger partial charge in [0.15, 0.2) is 0 Å². The van der Waals surface area contributed by atoms with Crippen molar-refractivity contribution in [1.29, 1.82) is 0 Å². The van der Waals surface area contributed by atoms with Gasteiger partial charge in [0.05, 0.1) is 14.2 Å². The number of rotatable bonds is 6. The van der Waals surface area contributed by atoms with E-state index in [0.717, 1.165) is 17.7 Å². The highest BCUT2D eigenvalue weighted by Gasteiger charge is 2.32. The molecule has 7 heteroatoms. The third-order valence-electron chi connectivity index (χ3n) is 5.42. The zero-order valence-electron chi connectivity index (χ0n) is 18.0. The normalized spacial score (nSPS) is 13.1. The predicted molar refractivity (Wildman–Crippen MR) is 123 cm³/mol. The molecule has 1 heterocycles. The lowest BCUT2D eigenvalue weighted by Crippen LogP contribution is -2.43. The van der Waals surface area contributed by atoms with Crippen molar-refractivity contribution in [3.05, 3.63) is 83.9 Å². The molecule has 0 aromatic heterocycles. The van der Waals surface area contributed by atoms with Crippen LogP contribution >= 0.6 is 0 Å². The zero-order chi connectivity index (χ0) is 22.5. The van der Waals surface area contributed by atoms with E-state index in [-0.39, 0.29) is 5.91 Å². The number of urea groups is 1. The average molecular weight is 431 g/mol. The van der Waals surface area contributed by atoms with Crippen molar-refractivity contribution in [2.45, 2.75) is 12.5 Å². The molecule has 0 spiro atoms. The molecule has 0 unspecified atom stereocenters. The Balaban J connectivity index is 1.57. The summed E-state index contributed by atoms with van der Waals surface area (Å²) in [4.78, 5) is 28.2. The molecule has 3 amide bonds. The summed E-state index contributed by atoms with van der Waals surface area (Å²) < 4.78 is 10.5. The smallest absolute Gasteiger partial charge is 0.320 e. The first kappa shape index (κ1) is 21.2. The molecule has 0 saturated heterocycles. The van der Waals surface area contributed by atoms with E-state index in [1.54, 1.807) is 23.1 Å². The van der Waals surface area contributed by atoms with Gasteiger partial charge in [-0.15, -0.1) is 0 Å². The molecule has 3 aromatic rings. The Bertz CT molecular complexity index is 1090. The van der Waals surface area contributed by atoms with Crippen LogP contribution in [-0.2, 0) is 11.2 Å². The Morgan fingerprint density at radius 2 is 1.56 bits per heavy atom. The molecule has 1 atom stereocenters. The van der Waals surface area contributed by atoms with Gasteiger partial charge in [0.1, 0.15) is 17.5 Å². The second-order valence-corrected chi connectivity index (χ2v) is 7.41. The van der Waals surface area contributed by atoms with Crippen LogP contribution in [0.4, 0.5) is 16.2 Å². The SMILES string of the molecule is COc1cc(NC(=O)N[C@H](C(=O)N2CCc3ccccc32)c2ccccc2)cc(OC)c1. The standard InChI is InChI=1S/C25H25N3O4/c1-31-20-14-19(15-21(16-20)32-2)26-25(30)27-23(18-9-4-3-5-10-18)24(29)28-13-12-17-8-6-7-11-22(17)28/h3-11,14-16,23H,12-13H2,1-2H3,(H2,26,27,30)/t23-/m0/s1. The van der Waals surface area contributed by atoms with Crippen LogP contribution in [0.25, 0.3) is 0 Å². The fourth-order valence-electron chi connectivity index (χ4n) is 3.83. The van der Waals surface area contributed by atoms with Crippen molar-refractivity contribution in [2.75, 3.05) is 31.0 Å². The first-order valence-corrected chi connectivity index (χ1v) is 10.3. The van der Waals surface area contributed by atoms with Crippen molar-refractivity contribution >= 4 is 23.3 Å². The molecule has 2 N–H and O–H groups in total. The zero-order valence-corrected chi connectivity index (χ0v) is 18.0. The molecule has 0 saturated carbocycles. The van der Waals surface area contributed by atoms with Crippen molar-refractivity contribution in [2.24, 2.45) is 0 Å². The largest absolute Gasteiger partial charge is 0.497 e. The van der Waals surface area contributed by atoms with Crippen LogP contribution in [0.2, 0.25) is 0 Å². The van der Waals surface area contributed by atoms with Crippen molar-refractivity contribution in [3.63, 3.8) is 0 Å². The lowest BCUT2D eigenvalue weighted by molar-refractivity contribution is -0.120. The lowest BCUT2D eigenvalue weighted by atomic mass is 10.1. The summed E-state index contributed by atoms with van der Waals surface area (Å²) in [5, 5.41) is 5.62. The first-order chi connectivity index (χ1) is 15.6. The van der Waals surface area contributed by atoms with Gasteiger partial charge in [-0.2, -0.15) is 0 Å². The minimum atomic E-state index is -0.838. The maximum absolute atomic E-state index is 13.5. The Kier molecular flexibility index (Phi) is 6.26. The van der Waals surface area contributed by atoms with Crippen LogP contribution in [0.15, 0.2) is 72.8 Å². The fourth-order valence-corrected chi connectivity index (χ4v) is 3.83. The Morgan fingerprint density at radius 1 is 0.906 bits per heavy atom. The quantitative estimate of drug-likeness (QED) is 0.614. The van der Waals surface area contributed by atoms with Crippen LogP contribution in [-0.4, -0.2) is 32.7 Å². The summed E-state index contributed by atoms with van der Waals surface area (Å²) in [6.07, 6.45) is 0.791. The number of nitrogens with zero attached hydrogens (tertiary/aromatic N) is 1. The molecule has 4 rings (SSSR count). The van der Waals surface area contributed by atoms with Crippen LogP contribution in [0, 0.1) is 0 Å². The van der Waals surface area contributed by atoms with E-state index in [9.17, 15) is 9.59 Å². The highest BCUT2D eigenvalue weighted by molar-refractivity contribution is 6.02. The minimum Gasteiger partial charge on any atom is -0.497 e. The van der Waals surface area contributed by atoms with Gasteiger partial charge in [-0.05, 0) is 23.6 Å². The fraction of sp³-hybridized carbons (Fsp3) is 0.200. The highest BCUT2D eigenvalue weighted by atomic mass is 16.5. The van der Waals surface area contributed by atoms with E-state index in [2.05, 4.69) is 10.6 Å². The molecule has 0 aliphatic carbocycles. The van der Waals surface area contributed by atoms with E-state index in [1.165, 1.54) is 14.2 Å². The van der Waals surface area contributed by atoms with Crippen molar-refractivity contribution in [3.8, 4) is 11.5 Å². The number of hydrogen-bond donors (Lipinski definition) is 2. The number of carbonyl (C=O) groups excluding carboxylic acids is 2. The van der Waals surface area contributed by atoms with Crippen molar-refractivity contribution < 1.29 is 19.1 Å². The predicted octanol–water partition coefficient (Wildman–Crippen LogP) is 4.16. The van der Waals surface area contributed by atoms with E-state index in [1.807, 2.05) is 54.6 Å². The molecule has 164 valence electrons. The third-order valence-corrected chi connectivity index (χ3v) is 5.42. The number of benzene rings is 3. The third kappa shape index (κ3) is 4.51. The molecule has 0 fully saturated rings. The number of methoxy groups -OCH3 is 2. The molecule has 7 nitrogen and oxygen atoms in total. The molecule has 32 heavy (non-hydrogen) atoms. The van der Waals surface area contributed by atoms with Crippen LogP contribution < -0.4 is 25.0 Å². The second kappa shape index (κ2) is 9.43. The highest BCUT2D eigenvalue weighted by Crippen LogP contribution is 2.30. The first-order valence-electron chi connectivity index (χ1n) is 10.3. The molecule has 1 aliphatic rings. The number of carbonyl (C=O) groups is 2. The Morgan fingerprint density at radius 3 is 2.25 bits per heavy atom. The van der Waals surface area contributed by atoms with E-state index < -0.39 is 12.1 Å². The number of amides is 3. The average Bonchev–Trinajstić information content (AvgIpc) is 3.26. The van der Waals surface area contributed by atoms with Gasteiger partial charge >= 0.3 is 6.03 Å². The van der Waals surface area contributed by atoms with Gasteiger partial charge in [-0.25, -0.2) is 4.79 Å². The number of nitrogens with one attached hydrogen (secondary N) is 2. The minimum absolute atomic E-state index is 0.181. The van der Waals surface area contributed by atoms with E-state index in [4.69, 9.17) is 9.47 Å². The van der Waals surface area contributed by atoms with Gasteiger partial charge in [0, 0.05) is 36.1 Å². The molecule has 1 aliphatic heterocycles. The van der Waals surface area contributed by atoms with Gasteiger partial charge in [0.2, 0.25) is 0 Å². The number of para-hydroxylation sites is 1. The summed E-state index contributed by atoms with van der Waals surface area (Å²) in [6.45, 7) is 0.581. The van der Waals surface area contributed by atoms with Gasteiger partial charge in [-0.1, -0.05) is 48.5 Å². The van der Waals surface area contributed by atoms with E-state index >= 15 is 0 Å². The lowest BCUT2D eigenvalue weighted by Gasteiger charge is -2.25. The number of hydrogen-bond acceptors (Lipinski definition) is 4. The summed E-state index contributed by atoms with van der Waals surface area (Å²) in [7, 11) is 3.08. The van der Waals surface area contributed by atoms with Gasteiger partial charge in [0.25, 0.3) is 5.91 Å². The molecule has 3 aromatic carbocycles. The summed E-state index contributed by atoms with van der Waals surface area (Å²) >= 11 is 0. The topological polar surface area (TPSA) is 79.9 Å². The monoisotopic (exact) mass is 431 g/mol. The number of ether oxygens (including phenoxy) is 2.